The number of carbonyl (C=O) groups is 1. The Balaban J connectivity index is 1.75. The van der Waals surface area contributed by atoms with Crippen molar-refractivity contribution in [2.75, 3.05) is 26.7 Å². The van der Waals surface area contributed by atoms with E-state index >= 15 is 0 Å². The quantitative estimate of drug-likeness (QED) is 0.862. The second-order valence-corrected chi connectivity index (χ2v) is 6.71. The minimum absolute atomic E-state index is 0.00672. The number of nitrogens with zero attached hydrogens (tertiary/aromatic N) is 1. The molecule has 2 saturated heterocycles. The van der Waals surface area contributed by atoms with Gasteiger partial charge in [0, 0.05) is 26.7 Å². The summed E-state index contributed by atoms with van der Waals surface area (Å²) in [6.07, 6.45) is 3.37. The first kappa shape index (κ1) is 15.6. The molecule has 2 amide bonds. The van der Waals surface area contributed by atoms with E-state index in [0.717, 1.165) is 25.8 Å². The summed E-state index contributed by atoms with van der Waals surface area (Å²) in [5.74, 6) is 0.517. The van der Waals surface area contributed by atoms with Gasteiger partial charge in [-0.1, -0.05) is 6.92 Å². The van der Waals surface area contributed by atoms with Crippen LogP contribution < -0.4 is 5.32 Å². The van der Waals surface area contributed by atoms with E-state index in [1.807, 2.05) is 4.90 Å². The lowest BCUT2D eigenvalue weighted by Crippen LogP contribution is -2.51. The van der Waals surface area contributed by atoms with Gasteiger partial charge in [-0.05, 0) is 39.0 Å². The first-order valence-corrected chi connectivity index (χ1v) is 7.64. The first-order chi connectivity index (χ1) is 9.41. The van der Waals surface area contributed by atoms with Crippen LogP contribution in [0.5, 0.6) is 0 Å². The number of nitrogens with one attached hydrogen (secondary N) is 1. The summed E-state index contributed by atoms with van der Waals surface area (Å²) in [5.41, 5.74) is -0.0445. The Kier molecular flexibility index (Phi) is 4.91. The third-order valence-electron chi connectivity index (χ3n) is 4.51. The largest absolute Gasteiger partial charge is 0.379 e. The minimum atomic E-state index is -0.0445. The van der Waals surface area contributed by atoms with Gasteiger partial charge in [-0.25, -0.2) is 4.79 Å². The van der Waals surface area contributed by atoms with Gasteiger partial charge in [0.05, 0.1) is 17.8 Å². The van der Waals surface area contributed by atoms with Crippen LogP contribution in [0.15, 0.2) is 0 Å². The highest BCUT2D eigenvalue weighted by molar-refractivity contribution is 5.74. The SMILES string of the molecule is CO[C@@H]1CN(C(=O)NC[C@H]2CCC(C)(C)O2)CC[C@H]1C. The molecule has 0 aromatic rings. The summed E-state index contributed by atoms with van der Waals surface area (Å²) < 4.78 is 11.3. The molecule has 2 heterocycles. The number of urea groups is 1. The van der Waals surface area contributed by atoms with E-state index in [9.17, 15) is 4.79 Å². The lowest BCUT2D eigenvalue weighted by Gasteiger charge is -2.36. The van der Waals surface area contributed by atoms with Gasteiger partial charge >= 0.3 is 6.03 Å². The van der Waals surface area contributed by atoms with Gasteiger partial charge in [-0.3, -0.25) is 0 Å². The molecule has 20 heavy (non-hydrogen) atoms. The van der Waals surface area contributed by atoms with Crippen LogP contribution in [-0.2, 0) is 9.47 Å². The highest BCUT2D eigenvalue weighted by Gasteiger charge is 2.33. The van der Waals surface area contributed by atoms with E-state index in [1.165, 1.54) is 0 Å². The van der Waals surface area contributed by atoms with Crippen LogP contribution in [-0.4, -0.2) is 55.5 Å². The Bertz CT molecular complexity index is 346. The van der Waals surface area contributed by atoms with Crippen LogP contribution in [0.2, 0.25) is 0 Å². The number of amides is 2. The fraction of sp³-hybridized carbons (Fsp3) is 0.933. The number of carbonyl (C=O) groups excluding carboxylic acids is 1. The van der Waals surface area contributed by atoms with Crippen molar-refractivity contribution in [2.45, 2.75) is 57.8 Å². The van der Waals surface area contributed by atoms with E-state index in [-0.39, 0.29) is 23.8 Å². The van der Waals surface area contributed by atoms with Crippen LogP contribution in [0.4, 0.5) is 4.79 Å². The number of hydrogen-bond acceptors (Lipinski definition) is 3. The fourth-order valence-electron chi connectivity index (χ4n) is 3.06. The maximum absolute atomic E-state index is 12.2. The monoisotopic (exact) mass is 284 g/mol. The van der Waals surface area contributed by atoms with Gasteiger partial charge in [0.25, 0.3) is 0 Å². The summed E-state index contributed by atoms with van der Waals surface area (Å²) in [7, 11) is 1.72. The zero-order valence-electron chi connectivity index (χ0n) is 13.1. The van der Waals surface area contributed by atoms with E-state index in [4.69, 9.17) is 9.47 Å². The average molecular weight is 284 g/mol. The van der Waals surface area contributed by atoms with Gasteiger partial charge in [-0.15, -0.1) is 0 Å². The molecule has 0 saturated carbocycles. The predicted octanol–water partition coefficient (Wildman–Crippen LogP) is 2.01. The number of likely N-dealkylation sites (tertiary alicyclic amines) is 1. The predicted molar refractivity (Wildman–Crippen MR) is 77.7 cm³/mol. The normalized spacial score (nSPS) is 33.2. The molecule has 1 N–H and O–H groups in total. The number of ether oxygens (including phenoxy) is 2. The van der Waals surface area contributed by atoms with Crippen molar-refractivity contribution in [1.29, 1.82) is 0 Å². The molecule has 5 heteroatoms. The third kappa shape index (κ3) is 3.85. The second-order valence-electron chi connectivity index (χ2n) is 6.71. The first-order valence-electron chi connectivity index (χ1n) is 7.64. The molecule has 0 aliphatic carbocycles. The van der Waals surface area contributed by atoms with Gasteiger partial charge in [0.1, 0.15) is 0 Å². The maximum Gasteiger partial charge on any atom is 0.317 e. The molecule has 0 unspecified atom stereocenters. The molecular weight excluding hydrogens is 256 g/mol. The molecule has 2 fully saturated rings. The molecule has 2 aliphatic heterocycles. The smallest absolute Gasteiger partial charge is 0.317 e. The van der Waals surface area contributed by atoms with Crippen molar-refractivity contribution in [3.05, 3.63) is 0 Å². The van der Waals surface area contributed by atoms with Gasteiger partial charge < -0.3 is 19.7 Å². The molecule has 0 bridgehead atoms. The average Bonchev–Trinajstić information content (AvgIpc) is 2.76. The molecule has 2 rings (SSSR count). The highest BCUT2D eigenvalue weighted by atomic mass is 16.5. The van der Waals surface area contributed by atoms with Crippen LogP contribution in [0.25, 0.3) is 0 Å². The Labute approximate surface area is 122 Å². The van der Waals surface area contributed by atoms with Gasteiger partial charge in [0.15, 0.2) is 0 Å². The number of hydrogen-bond donors (Lipinski definition) is 1. The summed E-state index contributed by atoms with van der Waals surface area (Å²) >= 11 is 0. The topological polar surface area (TPSA) is 50.8 Å². The van der Waals surface area contributed by atoms with E-state index in [0.29, 0.717) is 19.0 Å². The molecule has 0 aromatic carbocycles. The molecule has 116 valence electrons. The molecule has 3 atom stereocenters. The summed E-state index contributed by atoms with van der Waals surface area (Å²) in [6.45, 7) is 8.47. The van der Waals surface area contributed by atoms with Crippen molar-refractivity contribution in [1.82, 2.24) is 10.2 Å². The molecule has 2 aliphatic rings. The van der Waals surface area contributed by atoms with Crippen LogP contribution in [0, 0.1) is 5.92 Å². The number of methoxy groups -OCH3 is 1. The minimum Gasteiger partial charge on any atom is -0.379 e. The van der Waals surface area contributed by atoms with Gasteiger partial charge in [0.2, 0.25) is 0 Å². The Morgan fingerprint density at radius 2 is 2.20 bits per heavy atom. The lowest BCUT2D eigenvalue weighted by atomic mass is 9.96. The molecular formula is C15H28N2O3. The van der Waals surface area contributed by atoms with Crippen molar-refractivity contribution in [3.8, 4) is 0 Å². The fourth-order valence-corrected chi connectivity index (χ4v) is 3.06. The van der Waals surface area contributed by atoms with Gasteiger partial charge in [-0.2, -0.15) is 0 Å². The third-order valence-corrected chi connectivity index (χ3v) is 4.51. The molecule has 0 spiro atoms. The van der Waals surface area contributed by atoms with Crippen LogP contribution in [0.3, 0.4) is 0 Å². The van der Waals surface area contributed by atoms with Crippen LogP contribution >= 0.6 is 0 Å². The van der Waals surface area contributed by atoms with E-state index < -0.39 is 0 Å². The van der Waals surface area contributed by atoms with Crippen molar-refractivity contribution < 1.29 is 14.3 Å². The van der Waals surface area contributed by atoms with E-state index in [1.54, 1.807) is 7.11 Å². The number of piperidine rings is 1. The zero-order chi connectivity index (χ0) is 14.8. The summed E-state index contributed by atoms with van der Waals surface area (Å²) in [5, 5.41) is 3.00. The summed E-state index contributed by atoms with van der Waals surface area (Å²) in [4.78, 5) is 14.0. The Morgan fingerprint density at radius 1 is 1.45 bits per heavy atom. The van der Waals surface area contributed by atoms with Crippen molar-refractivity contribution in [2.24, 2.45) is 5.92 Å². The number of rotatable bonds is 3. The zero-order valence-corrected chi connectivity index (χ0v) is 13.1. The molecule has 0 radical (unpaired) electrons. The van der Waals surface area contributed by atoms with Crippen molar-refractivity contribution >= 4 is 6.03 Å². The van der Waals surface area contributed by atoms with Crippen molar-refractivity contribution in [3.63, 3.8) is 0 Å². The Morgan fingerprint density at radius 3 is 2.80 bits per heavy atom. The van der Waals surface area contributed by atoms with E-state index in [2.05, 4.69) is 26.1 Å². The standard InChI is InChI=1S/C15H28N2O3/c1-11-6-8-17(10-13(11)19-4)14(18)16-9-12-5-7-15(2,3)20-12/h11-13H,5-10H2,1-4H3,(H,16,18)/t11-,12-,13-/m1/s1. The maximum atomic E-state index is 12.2. The molecule has 5 nitrogen and oxygen atoms in total. The van der Waals surface area contributed by atoms with Crippen LogP contribution in [0.1, 0.15) is 40.0 Å². The Hall–Kier alpha value is -0.810. The molecule has 0 aromatic heterocycles. The highest BCUT2D eigenvalue weighted by Crippen LogP contribution is 2.28. The second kappa shape index (κ2) is 6.31. The summed E-state index contributed by atoms with van der Waals surface area (Å²) in [6, 6.07) is 0.00672. The lowest BCUT2D eigenvalue weighted by molar-refractivity contribution is -0.0151.